The topological polar surface area (TPSA) is 43.4 Å². The molecule has 0 N–H and O–H groups in total. The third-order valence-electron chi connectivity index (χ3n) is 1.58. The van der Waals surface area contributed by atoms with Crippen molar-refractivity contribution in [1.29, 1.82) is 0 Å². The van der Waals surface area contributed by atoms with Crippen LogP contribution in [0.15, 0.2) is 12.2 Å². The van der Waals surface area contributed by atoms with Crippen LogP contribution < -0.4 is 0 Å². The third-order valence-corrected chi connectivity index (χ3v) is 1.58. The van der Waals surface area contributed by atoms with Gasteiger partial charge in [0.1, 0.15) is 6.29 Å². The van der Waals surface area contributed by atoms with Crippen LogP contribution in [0.5, 0.6) is 0 Å². The normalized spacial score (nSPS) is 12.8. The van der Waals surface area contributed by atoms with E-state index in [-0.39, 0.29) is 5.97 Å². The Morgan fingerprint density at radius 3 is 2.69 bits per heavy atom. The minimum Gasteiger partial charge on any atom is -0.463 e. The zero-order valence-electron chi connectivity index (χ0n) is 8.16. The smallest absolute Gasteiger partial charge is 0.330 e. The lowest BCUT2D eigenvalue weighted by Crippen LogP contribution is -1.99. The highest BCUT2D eigenvalue weighted by Crippen LogP contribution is 2.05. The van der Waals surface area contributed by atoms with E-state index in [9.17, 15) is 9.59 Å². The SMILES string of the molecule is CCOC(=O)/C=C/CC(C)CC=O. The molecule has 0 aliphatic rings. The second-order valence-electron chi connectivity index (χ2n) is 2.90. The number of aldehydes is 1. The number of ether oxygens (including phenoxy) is 1. The van der Waals surface area contributed by atoms with Gasteiger partial charge in [0.15, 0.2) is 0 Å². The maximum Gasteiger partial charge on any atom is 0.330 e. The number of carbonyl (C=O) groups excluding carboxylic acids is 2. The van der Waals surface area contributed by atoms with Crippen LogP contribution in [0.3, 0.4) is 0 Å². The summed E-state index contributed by atoms with van der Waals surface area (Å²) in [6.45, 7) is 4.12. The Morgan fingerprint density at radius 1 is 1.46 bits per heavy atom. The van der Waals surface area contributed by atoms with Crippen LogP contribution in [0.2, 0.25) is 0 Å². The van der Waals surface area contributed by atoms with Gasteiger partial charge in [0, 0.05) is 12.5 Å². The number of carbonyl (C=O) groups is 2. The average Bonchev–Trinajstić information content (AvgIpc) is 2.05. The molecular formula is C10H16O3. The Hall–Kier alpha value is -1.12. The summed E-state index contributed by atoms with van der Waals surface area (Å²) in [4.78, 5) is 20.9. The summed E-state index contributed by atoms with van der Waals surface area (Å²) in [7, 11) is 0. The molecule has 0 aromatic heterocycles. The van der Waals surface area contributed by atoms with Gasteiger partial charge in [-0.2, -0.15) is 0 Å². The van der Waals surface area contributed by atoms with Gasteiger partial charge in [0.05, 0.1) is 6.61 Å². The van der Waals surface area contributed by atoms with Crippen molar-refractivity contribution in [3.05, 3.63) is 12.2 Å². The molecule has 3 heteroatoms. The van der Waals surface area contributed by atoms with E-state index >= 15 is 0 Å². The van der Waals surface area contributed by atoms with E-state index < -0.39 is 0 Å². The highest BCUT2D eigenvalue weighted by atomic mass is 16.5. The van der Waals surface area contributed by atoms with Gasteiger partial charge >= 0.3 is 5.97 Å². The number of hydrogen-bond acceptors (Lipinski definition) is 3. The van der Waals surface area contributed by atoms with E-state index in [0.717, 1.165) is 12.7 Å². The van der Waals surface area contributed by atoms with Crippen molar-refractivity contribution in [2.45, 2.75) is 26.7 Å². The molecule has 0 saturated carbocycles. The molecule has 13 heavy (non-hydrogen) atoms. The molecular weight excluding hydrogens is 168 g/mol. The Kier molecular flexibility index (Phi) is 6.88. The summed E-state index contributed by atoms with van der Waals surface area (Å²) in [5.74, 6) is -0.0241. The van der Waals surface area contributed by atoms with Gasteiger partial charge < -0.3 is 9.53 Å². The molecule has 0 aromatic rings. The molecule has 0 rings (SSSR count). The van der Waals surface area contributed by atoms with Gasteiger partial charge in [0.25, 0.3) is 0 Å². The Bertz CT molecular complexity index is 185. The summed E-state index contributed by atoms with van der Waals surface area (Å²) in [6, 6.07) is 0. The predicted octanol–water partition coefficient (Wildman–Crippen LogP) is 1.72. The standard InChI is InChI=1S/C10H16O3/c1-3-13-10(12)6-4-5-9(2)7-8-11/h4,6,8-9H,3,5,7H2,1-2H3/b6-4+. The van der Waals surface area contributed by atoms with Gasteiger partial charge in [0.2, 0.25) is 0 Å². The fourth-order valence-electron chi connectivity index (χ4n) is 0.847. The highest BCUT2D eigenvalue weighted by Gasteiger charge is 1.98. The monoisotopic (exact) mass is 184 g/mol. The Labute approximate surface area is 78.8 Å². The summed E-state index contributed by atoms with van der Waals surface area (Å²) in [6.07, 6.45) is 5.31. The van der Waals surface area contributed by atoms with Gasteiger partial charge in [-0.25, -0.2) is 4.79 Å². The third kappa shape index (κ3) is 7.25. The van der Waals surface area contributed by atoms with Crippen molar-refractivity contribution < 1.29 is 14.3 Å². The number of rotatable bonds is 6. The molecule has 3 nitrogen and oxygen atoms in total. The zero-order chi connectivity index (χ0) is 10.1. The Balaban J connectivity index is 3.60. The van der Waals surface area contributed by atoms with Crippen LogP contribution in [0.25, 0.3) is 0 Å². The minimum absolute atomic E-state index is 0.295. The molecule has 0 aliphatic carbocycles. The summed E-state index contributed by atoms with van der Waals surface area (Å²) < 4.78 is 4.69. The molecule has 0 radical (unpaired) electrons. The first-order valence-corrected chi connectivity index (χ1v) is 4.47. The van der Waals surface area contributed by atoms with Crippen molar-refractivity contribution in [3.8, 4) is 0 Å². The molecule has 0 amide bonds. The highest BCUT2D eigenvalue weighted by molar-refractivity contribution is 5.81. The predicted molar refractivity (Wildman–Crippen MR) is 50.2 cm³/mol. The molecule has 0 bridgehead atoms. The Morgan fingerprint density at radius 2 is 2.15 bits per heavy atom. The second kappa shape index (κ2) is 7.53. The first kappa shape index (κ1) is 11.9. The van der Waals surface area contributed by atoms with Gasteiger partial charge in [-0.1, -0.05) is 13.0 Å². The van der Waals surface area contributed by atoms with Crippen molar-refractivity contribution >= 4 is 12.3 Å². The van der Waals surface area contributed by atoms with Crippen LogP contribution >= 0.6 is 0 Å². The van der Waals surface area contributed by atoms with Crippen LogP contribution in [-0.2, 0) is 14.3 Å². The summed E-state index contributed by atoms with van der Waals surface area (Å²) in [5, 5.41) is 0. The molecule has 0 aromatic carbocycles. The van der Waals surface area contributed by atoms with Crippen molar-refractivity contribution in [3.63, 3.8) is 0 Å². The van der Waals surface area contributed by atoms with E-state index in [0.29, 0.717) is 18.9 Å². The van der Waals surface area contributed by atoms with E-state index in [2.05, 4.69) is 4.74 Å². The lowest BCUT2D eigenvalue weighted by Gasteiger charge is -2.01. The first-order chi connectivity index (χ1) is 6.20. The molecule has 0 spiro atoms. The largest absolute Gasteiger partial charge is 0.463 e. The minimum atomic E-state index is -0.319. The summed E-state index contributed by atoms with van der Waals surface area (Å²) >= 11 is 0. The van der Waals surface area contributed by atoms with Crippen molar-refractivity contribution in [2.75, 3.05) is 6.61 Å². The molecule has 0 fully saturated rings. The van der Waals surface area contributed by atoms with E-state index in [4.69, 9.17) is 0 Å². The first-order valence-electron chi connectivity index (χ1n) is 4.47. The van der Waals surface area contributed by atoms with E-state index in [1.807, 2.05) is 6.92 Å². The molecule has 74 valence electrons. The summed E-state index contributed by atoms with van der Waals surface area (Å²) in [5.41, 5.74) is 0. The number of esters is 1. The van der Waals surface area contributed by atoms with E-state index in [1.165, 1.54) is 6.08 Å². The van der Waals surface area contributed by atoms with Gasteiger partial charge in [-0.05, 0) is 19.3 Å². The fourth-order valence-corrected chi connectivity index (χ4v) is 0.847. The number of hydrogen-bond donors (Lipinski definition) is 0. The lowest BCUT2D eigenvalue weighted by atomic mass is 10.1. The molecule has 1 unspecified atom stereocenters. The van der Waals surface area contributed by atoms with Crippen LogP contribution in [-0.4, -0.2) is 18.9 Å². The second-order valence-corrected chi connectivity index (χ2v) is 2.90. The van der Waals surface area contributed by atoms with Gasteiger partial charge in [-0.3, -0.25) is 0 Å². The maximum absolute atomic E-state index is 10.8. The fraction of sp³-hybridized carbons (Fsp3) is 0.600. The lowest BCUT2D eigenvalue weighted by molar-refractivity contribution is -0.137. The van der Waals surface area contributed by atoms with Crippen LogP contribution in [0.1, 0.15) is 26.7 Å². The van der Waals surface area contributed by atoms with E-state index in [1.54, 1.807) is 13.0 Å². The maximum atomic E-state index is 10.8. The van der Waals surface area contributed by atoms with Crippen LogP contribution in [0.4, 0.5) is 0 Å². The molecule has 0 heterocycles. The number of allylic oxidation sites excluding steroid dienone is 1. The molecule has 0 aliphatic heterocycles. The average molecular weight is 184 g/mol. The van der Waals surface area contributed by atoms with Crippen molar-refractivity contribution in [2.24, 2.45) is 5.92 Å². The zero-order valence-corrected chi connectivity index (χ0v) is 8.16. The molecule has 1 atom stereocenters. The van der Waals surface area contributed by atoms with Gasteiger partial charge in [-0.15, -0.1) is 0 Å². The quantitative estimate of drug-likeness (QED) is 0.358. The van der Waals surface area contributed by atoms with Crippen molar-refractivity contribution in [1.82, 2.24) is 0 Å². The van der Waals surface area contributed by atoms with Crippen LogP contribution in [0, 0.1) is 5.92 Å². The molecule has 0 saturated heterocycles.